The third-order valence-electron chi connectivity index (χ3n) is 3.90. The summed E-state index contributed by atoms with van der Waals surface area (Å²) in [5.74, 6) is -0.146. The van der Waals surface area contributed by atoms with E-state index >= 15 is 0 Å². The number of esters is 1. The van der Waals surface area contributed by atoms with Crippen LogP contribution in [0.25, 0.3) is 0 Å². The molecule has 1 aliphatic heterocycles. The van der Waals surface area contributed by atoms with Crippen molar-refractivity contribution in [1.82, 2.24) is 10.2 Å². The fourth-order valence-electron chi connectivity index (χ4n) is 2.61. The van der Waals surface area contributed by atoms with E-state index in [1.165, 1.54) is 0 Å². The van der Waals surface area contributed by atoms with Gasteiger partial charge in [0.05, 0.1) is 12.6 Å². The summed E-state index contributed by atoms with van der Waals surface area (Å²) < 4.78 is 5.12. The zero-order valence-electron chi connectivity index (χ0n) is 11.9. The smallest absolute Gasteiger partial charge is 0.323 e. The van der Waals surface area contributed by atoms with E-state index in [9.17, 15) is 9.59 Å². The van der Waals surface area contributed by atoms with Gasteiger partial charge in [0.15, 0.2) is 0 Å². The Hall–Kier alpha value is -1.10. The van der Waals surface area contributed by atoms with Crippen LogP contribution >= 0.6 is 0 Å². The maximum absolute atomic E-state index is 12.1. The van der Waals surface area contributed by atoms with Crippen LogP contribution in [0.2, 0.25) is 0 Å². The highest BCUT2D eigenvalue weighted by Crippen LogP contribution is 2.23. The van der Waals surface area contributed by atoms with Crippen molar-refractivity contribution < 1.29 is 14.3 Å². The average Bonchev–Trinajstić information content (AvgIpc) is 3.22. The van der Waals surface area contributed by atoms with Gasteiger partial charge < -0.3 is 10.1 Å². The highest BCUT2D eigenvalue weighted by molar-refractivity contribution is 5.83. The highest BCUT2D eigenvalue weighted by Gasteiger charge is 2.36. The van der Waals surface area contributed by atoms with Gasteiger partial charge in [0.1, 0.15) is 6.04 Å². The second-order valence-corrected chi connectivity index (χ2v) is 5.46. The van der Waals surface area contributed by atoms with Crippen molar-refractivity contribution >= 4 is 11.9 Å². The van der Waals surface area contributed by atoms with Gasteiger partial charge in [-0.3, -0.25) is 14.5 Å². The molecular weight excluding hydrogens is 244 g/mol. The second-order valence-electron chi connectivity index (χ2n) is 5.46. The molecule has 1 saturated heterocycles. The van der Waals surface area contributed by atoms with Crippen molar-refractivity contribution in [2.75, 3.05) is 13.2 Å². The molecule has 5 heteroatoms. The van der Waals surface area contributed by atoms with Crippen LogP contribution in [0.5, 0.6) is 0 Å². The normalized spacial score (nSPS) is 25.7. The fourth-order valence-corrected chi connectivity index (χ4v) is 2.61. The number of rotatable bonds is 5. The van der Waals surface area contributed by atoms with Crippen LogP contribution in [-0.2, 0) is 14.3 Å². The molecule has 2 fully saturated rings. The maximum Gasteiger partial charge on any atom is 0.323 e. The molecular formula is C14H24N2O3. The molecule has 0 aromatic heterocycles. The minimum Gasteiger partial charge on any atom is -0.465 e. The summed E-state index contributed by atoms with van der Waals surface area (Å²) in [5.41, 5.74) is 0. The minimum atomic E-state index is -0.256. The molecule has 0 radical (unpaired) electrons. The summed E-state index contributed by atoms with van der Waals surface area (Å²) in [7, 11) is 0. The van der Waals surface area contributed by atoms with Crippen molar-refractivity contribution in [2.24, 2.45) is 0 Å². The van der Waals surface area contributed by atoms with E-state index in [0.717, 1.165) is 38.6 Å². The molecule has 2 atom stereocenters. The molecule has 0 aromatic carbocycles. The number of hydrogen-bond donors (Lipinski definition) is 1. The summed E-state index contributed by atoms with van der Waals surface area (Å²) in [5, 5.41) is 3.01. The number of likely N-dealkylation sites (tertiary alicyclic amines) is 1. The summed E-state index contributed by atoms with van der Waals surface area (Å²) in [6.45, 7) is 4.89. The van der Waals surface area contributed by atoms with Crippen LogP contribution in [0.3, 0.4) is 0 Å². The van der Waals surface area contributed by atoms with Gasteiger partial charge in [0.25, 0.3) is 0 Å². The first-order valence-corrected chi connectivity index (χ1v) is 7.36. The quantitative estimate of drug-likeness (QED) is 0.758. The zero-order valence-corrected chi connectivity index (χ0v) is 11.9. The predicted octanol–water partition coefficient (Wildman–Crippen LogP) is 1.07. The second kappa shape index (κ2) is 6.37. The van der Waals surface area contributed by atoms with Gasteiger partial charge in [-0.2, -0.15) is 0 Å². The molecule has 19 heavy (non-hydrogen) atoms. The predicted molar refractivity (Wildman–Crippen MR) is 71.6 cm³/mol. The molecule has 1 aliphatic carbocycles. The van der Waals surface area contributed by atoms with E-state index in [0.29, 0.717) is 12.6 Å². The number of piperidine rings is 1. The van der Waals surface area contributed by atoms with E-state index in [-0.39, 0.29) is 24.0 Å². The molecule has 2 rings (SSSR count). The SMILES string of the molecule is CCOC(=O)C1CCCCN1C(C)C(=O)NC1CC1. The lowest BCUT2D eigenvalue weighted by molar-refractivity contribution is -0.153. The van der Waals surface area contributed by atoms with Gasteiger partial charge >= 0.3 is 5.97 Å². The number of amides is 1. The van der Waals surface area contributed by atoms with Crippen LogP contribution in [0.4, 0.5) is 0 Å². The zero-order chi connectivity index (χ0) is 13.8. The van der Waals surface area contributed by atoms with E-state index in [2.05, 4.69) is 5.32 Å². The first-order valence-electron chi connectivity index (χ1n) is 7.36. The van der Waals surface area contributed by atoms with Crippen molar-refractivity contribution in [3.05, 3.63) is 0 Å². The molecule has 108 valence electrons. The van der Waals surface area contributed by atoms with Gasteiger partial charge in [-0.1, -0.05) is 6.42 Å². The van der Waals surface area contributed by atoms with Gasteiger partial charge in [-0.05, 0) is 46.1 Å². The fraction of sp³-hybridized carbons (Fsp3) is 0.857. The van der Waals surface area contributed by atoms with Crippen molar-refractivity contribution in [2.45, 2.75) is 64.1 Å². The van der Waals surface area contributed by atoms with Crippen molar-refractivity contribution in [3.8, 4) is 0 Å². The molecule has 2 aliphatic rings. The Morgan fingerprint density at radius 1 is 1.32 bits per heavy atom. The van der Waals surface area contributed by atoms with Gasteiger partial charge in [0, 0.05) is 6.04 Å². The monoisotopic (exact) mass is 268 g/mol. The molecule has 1 heterocycles. The van der Waals surface area contributed by atoms with Crippen LogP contribution < -0.4 is 5.32 Å². The number of ether oxygens (including phenoxy) is 1. The van der Waals surface area contributed by atoms with Crippen LogP contribution in [0, 0.1) is 0 Å². The van der Waals surface area contributed by atoms with Crippen molar-refractivity contribution in [3.63, 3.8) is 0 Å². The number of carbonyl (C=O) groups is 2. The minimum absolute atomic E-state index is 0.0405. The standard InChI is InChI=1S/C14H24N2O3/c1-3-19-14(18)12-6-4-5-9-16(12)10(2)13(17)15-11-7-8-11/h10-12H,3-9H2,1-2H3,(H,15,17). The number of hydrogen-bond acceptors (Lipinski definition) is 4. The van der Waals surface area contributed by atoms with E-state index < -0.39 is 0 Å². The highest BCUT2D eigenvalue weighted by atomic mass is 16.5. The Morgan fingerprint density at radius 2 is 2.05 bits per heavy atom. The lowest BCUT2D eigenvalue weighted by atomic mass is 10.00. The summed E-state index contributed by atoms with van der Waals surface area (Å²) >= 11 is 0. The van der Waals surface area contributed by atoms with Crippen LogP contribution in [-0.4, -0.2) is 48.1 Å². The van der Waals surface area contributed by atoms with Crippen LogP contribution in [0.1, 0.15) is 46.0 Å². The van der Waals surface area contributed by atoms with Gasteiger partial charge in [0.2, 0.25) is 5.91 Å². The van der Waals surface area contributed by atoms with Gasteiger partial charge in [-0.15, -0.1) is 0 Å². The van der Waals surface area contributed by atoms with E-state index in [1.54, 1.807) is 0 Å². The van der Waals surface area contributed by atoms with Crippen molar-refractivity contribution in [1.29, 1.82) is 0 Å². The summed E-state index contributed by atoms with van der Waals surface area (Å²) in [6.07, 6.45) is 5.02. The maximum atomic E-state index is 12.1. The lowest BCUT2D eigenvalue weighted by Crippen LogP contribution is -2.55. The topological polar surface area (TPSA) is 58.6 Å². The molecule has 1 saturated carbocycles. The number of nitrogens with zero attached hydrogens (tertiary/aromatic N) is 1. The third kappa shape index (κ3) is 3.69. The van der Waals surface area contributed by atoms with E-state index in [4.69, 9.17) is 4.74 Å². The Morgan fingerprint density at radius 3 is 2.68 bits per heavy atom. The Labute approximate surface area is 114 Å². The first-order chi connectivity index (χ1) is 9.13. The van der Waals surface area contributed by atoms with E-state index in [1.807, 2.05) is 18.7 Å². The van der Waals surface area contributed by atoms with Gasteiger partial charge in [-0.25, -0.2) is 0 Å². The number of carbonyl (C=O) groups excluding carboxylic acids is 2. The molecule has 0 aromatic rings. The third-order valence-corrected chi connectivity index (χ3v) is 3.90. The summed E-state index contributed by atoms with van der Waals surface area (Å²) in [6, 6.07) is -0.148. The largest absolute Gasteiger partial charge is 0.465 e. The first kappa shape index (κ1) is 14.3. The molecule has 2 unspecified atom stereocenters. The lowest BCUT2D eigenvalue weighted by Gasteiger charge is -2.37. The molecule has 1 amide bonds. The molecule has 5 nitrogen and oxygen atoms in total. The average molecular weight is 268 g/mol. The molecule has 0 spiro atoms. The number of nitrogens with one attached hydrogen (secondary N) is 1. The Kier molecular flexibility index (Phi) is 4.80. The van der Waals surface area contributed by atoms with Crippen LogP contribution in [0.15, 0.2) is 0 Å². The Bertz CT molecular complexity index is 342. The molecule has 1 N–H and O–H groups in total. The molecule has 0 bridgehead atoms. The summed E-state index contributed by atoms with van der Waals surface area (Å²) in [4.78, 5) is 26.1. The Balaban J connectivity index is 1.96.